The molecular weight excluding hydrogens is 406 g/mol. The summed E-state index contributed by atoms with van der Waals surface area (Å²) in [4.78, 5) is 12.5. The fourth-order valence-corrected chi connectivity index (χ4v) is 2.94. The molecule has 0 saturated carbocycles. The zero-order valence-electron chi connectivity index (χ0n) is 16.0. The van der Waals surface area contributed by atoms with Crippen LogP contribution >= 0.6 is 11.6 Å². The maximum absolute atomic E-state index is 12.5. The number of carbonyl (C=O) groups excluding carboxylic acids is 1. The number of ether oxygens (including phenoxy) is 2. The van der Waals surface area contributed by atoms with E-state index in [4.69, 9.17) is 21.1 Å². The molecule has 0 aliphatic rings. The lowest BCUT2D eigenvalue weighted by atomic mass is 10.1. The van der Waals surface area contributed by atoms with Crippen LogP contribution in [0.5, 0.6) is 11.5 Å². The Kier molecular flexibility index (Phi) is 5.67. The van der Waals surface area contributed by atoms with Gasteiger partial charge in [-0.05, 0) is 36.4 Å². The van der Waals surface area contributed by atoms with Crippen molar-refractivity contribution >= 4 is 23.2 Å². The number of benzene rings is 2. The molecule has 0 aliphatic carbocycles. The Bertz CT molecular complexity index is 1170. The number of amides is 1. The van der Waals surface area contributed by atoms with Crippen LogP contribution in [0.15, 0.2) is 67.0 Å². The first-order chi connectivity index (χ1) is 14.6. The minimum atomic E-state index is -0.327. The summed E-state index contributed by atoms with van der Waals surface area (Å²) in [6.07, 6.45) is 3.21. The van der Waals surface area contributed by atoms with E-state index in [-0.39, 0.29) is 12.6 Å². The fraction of sp³-hybridized carbons (Fsp3) is 0.0952. The van der Waals surface area contributed by atoms with Crippen molar-refractivity contribution in [1.82, 2.24) is 20.0 Å². The normalized spacial score (nSPS) is 10.6. The van der Waals surface area contributed by atoms with Gasteiger partial charge in [-0.15, -0.1) is 0 Å². The highest BCUT2D eigenvalue weighted by molar-refractivity contribution is 6.30. The van der Waals surface area contributed by atoms with Crippen LogP contribution in [0.4, 0.5) is 5.69 Å². The first kappa shape index (κ1) is 19.5. The van der Waals surface area contributed by atoms with Crippen molar-refractivity contribution < 1.29 is 14.3 Å². The molecule has 9 heteroatoms. The fourth-order valence-electron chi connectivity index (χ4n) is 2.76. The molecule has 30 heavy (non-hydrogen) atoms. The number of aromatic nitrogens is 4. The largest absolute Gasteiger partial charge is 0.497 e. The van der Waals surface area contributed by atoms with E-state index < -0.39 is 0 Å². The SMILES string of the molecule is COc1cccc(-c2cc(C(=O)Nc3cnn(COc4cccc(Cl)c4)c3)[nH]n2)c1. The first-order valence-corrected chi connectivity index (χ1v) is 9.40. The zero-order valence-corrected chi connectivity index (χ0v) is 16.8. The summed E-state index contributed by atoms with van der Waals surface area (Å²) in [6.45, 7) is 0.181. The van der Waals surface area contributed by atoms with E-state index in [9.17, 15) is 4.79 Å². The van der Waals surface area contributed by atoms with E-state index in [0.717, 1.165) is 5.56 Å². The predicted octanol–water partition coefficient (Wildman–Crippen LogP) is 4.22. The topological polar surface area (TPSA) is 94.1 Å². The van der Waals surface area contributed by atoms with Crippen molar-refractivity contribution in [1.29, 1.82) is 0 Å². The van der Waals surface area contributed by atoms with Crippen LogP contribution in [0, 0.1) is 0 Å². The average molecular weight is 424 g/mol. The number of H-pyrrole nitrogens is 1. The van der Waals surface area contributed by atoms with Crippen LogP contribution in [0.2, 0.25) is 5.02 Å². The van der Waals surface area contributed by atoms with E-state index in [0.29, 0.717) is 33.6 Å². The van der Waals surface area contributed by atoms with Gasteiger partial charge in [-0.3, -0.25) is 9.89 Å². The number of hydrogen-bond acceptors (Lipinski definition) is 5. The van der Waals surface area contributed by atoms with Gasteiger partial charge < -0.3 is 14.8 Å². The Labute approximate surface area is 177 Å². The number of rotatable bonds is 7. The minimum Gasteiger partial charge on any atom is -0.497 e. The molecule has 2 aromatic heterocycles. The van der Waals surface area contributed by atoms with Crippen LogP contribution in [0.3, 0.4) is 0 Å². The van der Waals surface area contributed by atoms with Crippen LogP contribution in [-0.2, 0) is 6.73 Å². The van der Waals surface area contributed by atoms with Gasteiger partial charge in [-0.25, -0.2) is 4.68 Å². The number of methoxy groups -OCH3 is 1. The van der Waals surface area contributed by atoms with Crippen molar-refractivity contribution in [3.63, 3.8) is 0 Å². The van der Waals surface area contributed by atoms with E-state index >= 15 is 0 Å². The number of aromatic amines is 1. The third kappa shape index (κ3) is 4.61. The number of nitrogens with zero attached hydrogens (tertiary/aromatic N) is 3. The highest BCUT2D eigenvalue weighted by Crippen LogP contribution is 2.23. The Morgan fingerprint density at radius 2 is 2.00 bits per heavy atom. The molecule has 2 aromatic carbocycles. The third-order valence-electron chi connectivity index (χ3n) is 4.24. The second-order valence-corrected chi connectivity index (χ2v) is 6.79. The Morgan fingerprint density at radius 1 is 1.17 bits per heavy atom. The van der Waals surface area contributed by atoms with Crippen molar-refractivity contribution in [2.75, 3.05) is 12.4 Å². The molecule has 0 spiro atoms. The molecule has 2 N–H and O–H groups in total. The molecule has 1 amide bonds. The highest BCUT2D eigenvalue weighted by Gasteiger charge is 2.13. The van der Waals surface area contributed by atoms with Gasteiger partial charge in [0.2, 0.25) is 0 Å². The van der Waals surface area contributed by atoms with Crippen LogP contribution in [-0.4, -0.2) is 33.0 Å². The number of halogens is 1. The van der Waals surface area contributed by atoms with E-state index in [1.165, 1.54) is 0 Å². The van der Waals surface area contributed by atoms with Crippen molar-refractivity contribution in [2.24, 2.45) is 0 Å². The summed E-state index contributed by atoms with van der Waals surface area (Å²) >= 11 is 5.94. The van der Waals surface area contributed by atoms with Crippen LogP contribution in [0.1, 0.15) is 10.5 Å². The smallest absolute Gasteiger partial charge is 0.273 e. The first-order valence-electron chi connectivity index (χ1n) is 9.03. The van der Waals surface area contributed by atoms with E-state index in [1.54, 1.807) is 54.5 Å². The number of carbonyl (C=O) groups is 1. The Morgan fingerprint density at radius 3 is 2.83 bits per heavy atom. The molecule has 0 fully saturated rings. The van der Waals surface area contributed by atoms with Gasteiger partial charge in [-0.2, -0.15) is 10.2 Å². The summed E-state index contributed by atoms with van der Waals surface area (Å²) in [5.41, 5.74) is 2.35. The molecule has 0 aliphatic heterocycles. The van der Waals surface area contributed by atoms with Crippen molar-refractivity contribution in [3.05, 3.63) is 77.7 Å². The minimum absolute atomic E-state index is 0.181. The van der Waals surface area contributed by atoms with E-state index in [2.05, 4.69) is 20.6 Å². The standard InChI is InChI=1S/C21H18ClN5O3/c1-29-17-6-2-4-14(8-17)19-10-20(26-25-19)21(28)24-16-11-23-27(12-16)13-30-18-7-3-5-15(22)9-18/h2-12H,13H2,1H3,(H,24,28)(H,25,26). The molecule has 0 unspecified atom stereocenters. The van der Waals surface area contributed by atoms with Crippen LogP contribution in [0.25, 0.3) is 11.3 Å². The lowest BCUT2D eigenvalue weighted by Gasteiger charge is -2.06. The summed E-state index contributed by atoms with van der Waals surface area (Å²) in [5, 5.41) is 14.5. The molecule has 2 heterocycles. The number of nitrogens with one attached hydrogen (secondary N) is 2. The second kappa shape index (κ2) is 8.71. The molecule has 0 saturated heterocycles. The average Bonchev–Trinajstić information content (AvgIpc) is 3.42. The molecule has 0 bridgehead atoms. The molecule has 8 nitrogen and oxygen atoms in total. The van der Waals surface area contributed by atoms with Crippen LogP contribution < -0.4 is 14.8 Å². The van der Waals surface area contributed by atoms with Gasteiger partial charge >= 0.3 is 0 Å². The van der Waals surface area contributed by atoms with Gasteiger partial charge in [0, 0.05) is 10.6 Å². The summed E-state index contributed by atoms with van der Waals surface area (Å²) in [7, 11) is 1.60. The number of anilines is 1. The molecule has 0 atom stereocenters. The van der Waals surface area contributed by atoms with Gasteiger partial charge in [0.25, 0.3) is 5.91 Å². The van der Waals surface area contributed by atoms with Gasteiger partial charge in [-0.1, -0.05) is 29.8 Å². The van der Waals surface area contributed by atoms with Crippen molar-refractivity contribution in [3.8, 4) is 22.8 Å². The molecule has 4 aromatic rings. The molecule has 0 radical (unpaired) electrons. The van der Waals surface area contributed by atoms with Gasteiger partial charge in [0.15, 0.2) is 6.73 Å². The highest BCUT2D eigenvalue weighted by atomic mass is 35.5. The second-order valence-electron chi connectivity index (χ2n) is 6.35. The van der Waals surface area contributed by atoms with E-state index in [1.807, 2.05) is 24.3 Å². The summed E-state index contributed by atoms with van der Waals surface area (Å²) in [6, 6.07) is 16.2. The predicted molar refractivity (Wildman–Crippen MR) is 113 cm³/mol. The monoisotopic (exact) mass is 423 g/mol. The Balaban J connectivity index is 1.38. The molecule has 152 valence electrons. The van der Waals surface area contributed by atoms with Gasteiger partial charge in [0.05, 0.1) is 30.9 Å². The molecule has 4 rings (SSSR count). The third-order valence-corrected chi connectivity index (χ3v) is 4.47. The number of hydrogen-bond donors (Lipinski definition) is 2. The van der Waals surface area contributed by atoms with Crippen molar-refractivity contribution in [2.45, 2.75) is 6.73 Å². The lowest BCUT2D eigenvalue weighted by Crippen LogP contribution is -2.12. The summed E-state index contributed by atoms with van der Waals surface area (Å²) < 4.78 is 12.4. The zero-order chi connectivity index (χ0) is 20.9. The quantitative estimate of drug-likeness (QED) is 0.464. The maximum Gasteiger partial charge on any atom is 0.273 e. The Hall–Kier alpha value is -3.78. The molecular formula is C21H18ClN5O3. The van der Waals surface area contributed by atoms with Gasteiger partial charge in [0.1, 0.15) is 17.2 Å². The summed E-state index contributed by atoms with van der Waals surface area (Å²) in [5.74, 6) is 1.02. The lowest BCUT2D eigenvalue weighted by molar-refractivity contribution is 0.102. The maximum atomic E-state index is 12.5.